The SMILES string of the molecule is Cc1cc([C@@H]2[C@@H](c3ccccn3)NC(=S)N2c2ccc(F)cc2)c(C)n1-c1ccc(Br)cc1. The van der Waals surface area contributed by atoms with Crippen LogP contribution in [0, 0.1) is 19.7 Å². The Labute approximate surface area is 206 Å². The van der Waals surface area contributed by atoms with Gasteiger partial charge in [0.15, 0.2) is 5.11 Å². The van der Waals surface area contributed by atoms with Gasteiger partial charge >= 0.3 is 0 Å². The van der Waals surface area contributed by atoms with Crippen LogP contribution < -0.4 is 10.2 Å². The lowest BCUT2D eigenvalue weighted by atomic mass is 9.96. The number of nitrogens with one attached hydrogen (secondary N) is 1. The van der Waals surface area contributed by atoms with Crippen LogP contribution in [0.3, 0.4) is 0 Å². The van der Waals surface area contributed by atoms with Gasteiger partial charge in [-0.25, -0.2) is 4.39 Å². The third kappa shape index (κ3) is 3.96. The van der Waals surface area contributed by atoms with Crippen LogP contribution in [0.5, 0.6) is 0 Å². The molecule has 7 heteroatoms. The van der Waals surface area contributed by atoms with E-state index < -0.39 is 0 Å². The van der Waals surface area contributed by atoms with Crippen molar-refractivity contribution in [2.75, 3.05) is 4.90 Å². The highest BCUT2D eigenvalue weighted by atomic mass is 79.9. The molecular formula is C26H22BrFN4S. The molecule has 1 N–H and O–H groups in total. The molecule has 2 aromatic heterocycles. The summed E-state index contributed by atoms with van der Waals surface area (Å²) in [6.45, 7) is 4.24. The van der Waals surface area contributed by atoms with Gasteiger partial charge in [-0.15, -0.1) is 0 Å². The van der Waals surface area contributed by atoms with Crippen molar-refractivity contribution in [2.24, 2.45) is 0 Å². The van der Waals surface area contributed by atoms with Crippen molar-refractivity contribution in [3.8, 4) is 5.69 Å². The lowest BCUT2D eigenvalue weighted by Crippen LogP contribution is -2.29. The molecule has 166 valence electrons. The minimum atomic E-state index is -0.275. The van der Waals surface area contributed by atoms with Crippen LogP contribution in [0.4, 0.5) is 10.1 Å². The quantitative estimate of drug-likeness (QED) is 0.308. The fraction of sp³-hybridized carbons (Fsp3) is 0.154. The Morgan fingerprint density at radius 1 is 0.970 bits per heavy atom. The van der Waals surface area contributed by atoms with E-state index in [1.165, 1.54) is 12.1 Å². The molecule has 0 spiro atoms. The van der Waals surface area contributed by atoms with Crippen molar-refractivity contribution in [1.82, 2.24) is 14.9 Å². The van der Waals surface area contributed by atoms with Crippen LogP contribution in [-0.2, 0) is 0 Å². The number of anilines is 1. The second-order valence-electron chi connectivity index (χ2n) is 8.11. The maximum absolute atomic E-state index is 13.7. The van der Waals surface area contributed by atoms with Gasteiger partial charge in [0.2, 0.25) is 0 Å². The Morgan fingerprint density at radius 3 is 2.33 bits per heavy atom. The van der Waals surface area contributed by atoms with Gasteiger partial charge in [-0.1, -0.05) is 22.0 Å². The van der Waals surface area contributed by atoms with Crippen LogP contribution in [0.25, 0.3) is 5.69 Å². The van der Waals surface area contributed by atoms with Gasteiger partial charge in [0.25, 0.3) is 0 Å². The molecule has 4 aromatic rings. The zero-order valence-electron chi connectivity index (χ0n) is 18.2. The van der Waals surface area contributed by atoms with Crippen LogP contribution >= 0.6 is 28.1 Å². The molecule has 0 radical (unpaired) electrons. The molecule has 1 aliphatic rings. The van der Waals surface area contributed by atoms with Crippen LogP contribution in [0.15, 0.2) is 83.5 Å². The molecule has 0 saturated carbocycles. The Morgan fingerprint density at radius 2 is 1.67 bits per heavy atom. The molecule has 1 aliphatic heterocycles. The zero-order chi connectivity index (χ0) is 23.1. The molecule has 4 nitrogen and oxygen atoms in total. The lowest BCUT2D eigenvalue weighted by Gasteiger charge is -2.28. The van der Waals surface area contributed by atoms with Crippen molar-refractivity contribution in [2.45, 2.75) is 25.9 Å². The van der Waals surface area contributed by atoms with Gasteiger partial charge < -0.3 is 14.8 Å². The number of hydrogen-bond acceptors (Lipinski definition) is 2. The molecule has 0 amide bonds. The summed E-state index contributed by atoms with van der Waals surface area (Å²) in [7, 11) is 0. The van der Waals surface area contributed by atoms with E-state index in [1.807, 2.05) is 30.3 Å². The van der Waals surface area contributed by atoms with E-state index in [4.69, 9.17) is 12.2 Å². The third-order valence-electron chi connectivity index (χ3n) is 6.08. The fourth-order valence-corrected chi connectivity index (χ4v) is 5.24. The largest absolute Gasteiger partial charge is 0.351 e. The normalized spacial score (nSPS) is 17.9. The van der Waals surface area contributed by atoms with E-state index >= 15 is 0 Å². The van der Waals surface area contributed by atoms with E-state index in [2.05, 4.69) is 67.7 Å². The molecule has 33 heavy (non-hydrogen) atoms. The van der Waals surface area contributed by atoms with Crippen LogP contribution in [-0.4, -0.2) is 14.7 Å². The van der Waals surface area contributed by atoms with E-state index in [-0.39, 0.29) is 17.9 Å². The highest BCUT2D eigenvalue weighted by molar-refractivity contribution is 9.10. The number of rotatable bonds is 4. The molecule has 0 bridgehead atoms. The Kier molecular flexibility index (Phi) is 5.76. The number of aryl methyl sites for hydroxylation is 1. The summed E-state index contributed by atoms with van der Waals surface area (Å²) in [4.78, 5) is 6.69. The number of halogens is 2. The molecule has 1 fully saturated rings. The van der Waals surface area contributed by atoms with Gasteiger partial charge in [-0.05, 0) is 98.4 Å². The van der Waals surface area contributed by atoms with Gasteiger partial charge in [0.1, 0.15) is 5.82 Å². The van der Waals surface area contributed by atoms with Gasteiger partial charge in [0, 0.05) is 33.4 Å². The van der Waals surface area contributed by atoms with E-state index in [0.29, 0.717) is 5.11 Å². The Balaban J connectivity index is 1.67. The minimum absolute atomic E-state index is 0.145. The monoisotopic (exact) mass is 520 g/mol. The van der Waals surface area contributed by atoms with Crippen LogP contribution in [0.2, 0.25) is 0 Å². The van der Waals surface area contributed by atoms with Crippen molar-refractivity contribution in [1.29, 1.82) is 0 Å². The number of nitrogens with zero attached hydrogens (tertiary/aromatic N) is 3. The summed E-state index contributed by atoms with van der Waals surface area (Å²) >= 11 is 9.30. The maximum Gasteiger partial charge on any atom is 0.174 e. The number of thiocarbonyl (C=S) groups is 1. The van der Waals surface area contributed by atoms with Crippen molar-refractivity contribution >= 4 is 38.9 Å². The summed E-state index contributed by atoms with van der Waals surface area (Å²) in [5, 5.41) is 4.06. The zero-order valence-corrected chi connectivity index (χ0v) is 20.6. The molecule has 3 heterocycles. The number of benzene rings is 2. The highest BCUT2D eigenvalue weighted by Crippen LogP contribution is 2.43. The van der Waals surface area contributed by atoms with Crippen LogP contribution in [0.1, 0.15) is 34.7 Å². The number of aromatic nitrogens is 2. The van der Waals surface area contributed by atoms with E-state index in [0.717, 1.165) is 38.5 Å². The predicted molar refractivity (Wildman–Crippen MR) is 137 cm³/mol. The topological polar surface area (TPSA) is 33.1 Å². The number of pyridine rings is 1. The van der Waals surface area contributed by atoms with Gasteiger partial charge in [-0.2, -0.15) is 0 Å². The summed E-state index contributed by atoms with van der Waals surface area (Å²) in [6.07, 6.45) is 1.79. The first kappa shape index (κ1) is 21.8. The fourth-order valence-electron chi connectivity index (χ4n) is 4.63. The first-order valence-corrected chi connectivity index (χ1v) is 11.8. The van der Waals surface area contributed by atoms with E-state index in [1.54, 1.807) is 18.3 Å². The first-order chi connectivity index (χ1) is 15.9. The average molecular weight is 521 g/mol. The van der Waals surface area contributed by atoms with Crippen molar-refractivity contribution in [3.63, 3.8) is 0 Å². The smallest absolute Gasteiger partial charge is 0.174 e. The summed E-state index contributed by atoms with van der Waals surface area (Å²) in [5.74, 6) is -0.275. The maximum atomic E-state index is 13.7. The molecule has 1 saturated heterocycles. The molecular weight excluding hydrogens is 499 g/mol. The first-order valence-electron chi connectivity index (χ1n) is 10.6. The lowest BCUT2D eigenvalue weighted by molar-refractivity contribution is 0.565. The van der Waals surface area contributed by atoms with E-state index in [9.17, 15) is 4.39 Å². The Hall–Kier alpha value is -3.03. The third-order valence-corrected chi connectivity index (χ3v) is 6.92. The molecule has 2 aromatic carbocycles. The molecule has 2 atom stereocenters. The average Bonchev–Trinajstić information content (AvgIpc) is 3.31. The molecule has 0 unspecified atom stereocenters. The Bertz CT molecular complexity index is 1300. The molecule has 0 aliphatic carbocycles. The summed E-state index contributed by atoms with van der Waals surface area (Å²) in [6, 6.07) is 22.6. The highest BCUT2D eigenvalue weighted by Gasteiger charge is 2.42. The van der Waals surface area contributed by atoms with Gasteiger partial charge in [-0.3, -0.25) is 4.98 Å². The standard InChI is InChI=1S/C26H22BrFN4S/c1-16-15-22(17(2)31(16)20-10-6-18(27)7-11-20)25-24(23-5-3-4-14-29-23)30-26(33)32(25)21-12-8-19(28)9-13-21/h3-15,24-25H,1-2H3,(H,30,33)/t24-,25-/m1/s1. The molecule has 5 rings (SSSR count). The number of hydrogen-bond donors (Lipinski definition) is 1. The van der Waals surface area contributed by atoms with Gasteiger partial charge in [0.05, 0.1) is 17.8 Å². The second-order valence-corrected chi connectivity index (χ2v) is 9.41. The second kappa shape index (κ2) is 8.72. The summed E-state index contributed by atoms with van der Waals surface area (Å²) < 4.78 is 17.0. The minimum Gasteiger partial charge on any atom is -0.351 e. The van der Waals surface area contributed by atoms with Crippen molar-refractivity contribution in [3.05, 3.63) is 112 Å². The summed E-state index contributed by atoms with van der Waals surface area (Å²) in [5.41, 5.74) is 6.23. The van der Waals surface area contributed by atoms with Crippen molar-refractivity contribution < 1.29 is 4.39 Å². The predicted octanol–water partition coefficient (Wildman–Crippen LogP) is 6.57.